The van der Waals surface area contributed by atoms with Gasteiger partial charge in [0, 0.05) is 6.42 Å². The maximum Gasteiger partial charge on any atom is 0.141 e. The highest BCUT2D eigenvalue weighted by Crippen LogP contribution is 2.66. The summed E-state index contributed by atoms with van der Waals surface area (Å²) in [4.78, 5) is 12.5. The maximum atomic E-state index is 12.5. The van der Waals surface area contributed by atoms with Crippen molar-refractivity contribution in [3.8, 4) is 0 Å². The molecule has 0 aromatic carbocycles. The average Bonchev–Trinajstić information content (AvgIpc) is 2.86. The quantitative estimate of drug-likeness (QED) is 0.780. The van der Waals surface area contributed by atoms with E-state index in [1.54, 1.807) is 0 Å². The number of Topliss-reactive ketones (excluding diaryl/α,β-unsaturated/α-hetero) is 1. The van der Waals surface area contributed by atoms with Crippen molar-refractivity contribution in [2.24, 2.45) is 40.4 Å². The largest absolute Gasteiger partial charge is 0.395 e. The summed E-state index contributed by atoms with van der Waals surface area (Å²) in [6.07, 6.45) is 7.86. The van der Waals surface area contributed by atoms with Gasteiger partial charge >= 0.3 is 0 Å². The number of hydrogen-bond donors (Lipinski definition) is 2. The van der Waals surface area contributed by atoms with Gasteiger partial charge in [-0.25, -0.2) is 0 Å². The highest BCUT2D eigenvalue weighted by atomic mass is 16.3. The number of ketones is 1. The molecule has 4 rings (SSSR count). The summed E-state index contributed by atoms with van der Waals surface area (Å²) in [5.41, 5.74) is -0.0861. The lowest BCUT2D eigenvalue weighted by atomic mass is 9.43. The van der Waals surface area contributed by atoms with Gasteiger partial charge in [-0.15, -0.1) is 0 Å². The van der Waals surface area contributed by atoms with E-state index in [4.69, 9.17) is 0 Å². The standard InChI is InChI=1S/C20H32O3/c1-12-9-14(22)10-13-3-4-15-16(19(12,13)2)7-8-20(11-21)17(15)5-6-18(20)23/h12-17,21-22H,3-11H2,1-2H3/t12-,13-,14?,15+,16-,17-,19-,20+/m0/s1. The van der Waals surface area contributed by atoms with Gasteiger partial charge in [-0.05, 0) is 80.0 Å². The van der Waals surface area contributed by atoms with Crippen molar-refractivity contribution in [1.29, 1.82) is 0 Å². The first kappa shape index (κ1) is 16.1. The Morgan fingerprint density at radius 1 is 1.13 bits per heavy atom. The monoisotopic (exact) mass is 320 g/mol. The van der Waals surface area contributed by atoms with Crippen LogP contribution in [0.5, 0.6) is 0 Å². The molecule has 8 atom stereocenters. The second-order valence-corrected chi connectivity index (χ2v) is 9.36. The van der Waals surface area contributed by atoms with Crippen molar-refractivity contribution in [3.05, 3.63) is 0 Å². The van der Waals surface area contributed by atoms with Crippen LogP contribution in [-0.4, -0.2) is 28.7 Å². The van der Waals surface area contributed by atoms with E-state index in [-0.39, 0.29) is 12.7 Å². The molecule has 0 aromatic heterocycles. The predicted molar refractivity (Wildman–Crippen MR) is 88.7 cm³/mol. The molecule has 0 aromatic rings. The molecule has 0 aliphatic heterocycles. The summed E-state index contributed by atoms with van der Waals surface area (Å²) in [6, 6.07) is 0. The second kappa shape index (κ2) is 5.29. The van der Waals surface area contributed by atoms with E-state index in [0.29, 0.717) is 47.2 Å². The van der Waals surface area contributed by atoms with Crippen LogP contribution in [0.25, 0.3) is 0 Å². The van der Waals surface area contributed by atoms with Crippen molar-refractivity contribution in [3.63, 3.8) is 0 Å². The minimum Gasteiger partial charge on any atom is -0.395 e. The molecule has 3 nitrogen and oxygen atoms in total. The molecule has 3 heteroatoms. The number of rotatable bonds is 1. The summed E-state index contributed by atoms with van der Waals surface area (Å²) in [6.45, 7) is 4.88. The Morgan fingerprint density at radius 3 is 2.65 bits per heavy atom. The third-order valence-corrected chi connectivity index (χ3v) is 8.94. The summed E-state index contributed by atoms with van der Waals surface area (Å²) < 4.78 is 0. The van der Waals surface area contributed by atoms with Crippen molar-refractivity contribution in [2.75, 3.05) is 6.61 Å². The van der Waals surface area contributed by atoms with E-state index in [1.807, 2.05) is 0 Å². The summed E-state index contributed by atoms with van der Waals surface area (Å²) in [7, 11) is 0. The Kier molecular flexibility index (Phi) is 3.70. The Morgan fingerprint density at radius 2 is 1.91 bits per heavy atom. The number of aliphatic hydroxyl groups is 2. The first-order valence-corrected chi connectivity index (χ1v) is 9.75. The van der Waals surface area contributed by atoms with Gasteiger partial charge in [0.15, 0.2) is 0 Å². The fourth-order valence-corrected chi connectivity index (χ4v) is 7.57. The number of carbonyl (C=O) groups is 1. The third-order valence-electron chi connectivity index (χ3n) is 8.94. The van der Waals surface area contributed by atoms with E-state index >= 15 is 0 Å². The molecule has 0 amide bonds. The lowest BCUT2D eigenvalue weighted by Crippen LogP contribution is -2.57. The van der Waals surface area contributed by atoms with Crippen LogP contribution in [0, 0.1) is 40.4 Å². The topological polar surface area (TPSA) is 57.5 Å². The lowest BCUT2D eigenvalue weighted by Gasteiger charge is -2.62. The summed E-state index contributed by atoms with van der Waals surface area (Å²) in [5, 5.41) is 20.3. The maximum absolute atomic E-state index is 12.5. The zero-order chi connectivity index (χ0) is 16.4. The minimum absolute atomic E-state index is 0.0636. The molecule has 0 radical (unpaired) electrons. The van der Waals surface area contributed by atoms with Gasteiger partial charge in [-0.3, -0.25) is 4.79 Å². The van der Waals surface area contributed by atoms with Gasteiger partial charge < -0.3 is 10.2 Å². The fraction of sp³-hybridized carbons (Fsp3) is 0.950. The Hall–Kier alpha value is -0.410. The van der Waals surface area contributed by atoms with Gasteiger partial charge in [0.2, 0.25) is 0 Å². The molecule has 130 valence electrons. The highest BCUT2D eigenvalue weighted by Gasteiger charge is 2.62. The zero-order valence-corrected chi connectivity index (χ0v) is 14.6. The van der Waals surface area contributed by atoms with Crippen LogP contribution in [0.2, 0.25) is 0 Å². The molecule has 0 saturated heterocycles. The van der Waals surface area contributed by atoms with E-state index in [0.717, 1.165) is 32.1 Å². The SMILES string of the molecule is C[C@H]1CC(O)C[C@@H]2CC[C@H]3[C@@H]4CCC(=O)[C@@]4(CO)CC[C@@H]3[C@]21C. The molecular weight excluding hydrogens is 288 g/mol. The van der Waals surface area contributed by atoms with Gasteiger partial charge in [-0.1, -0.05) is 13.8 Å². The first-order chi connectivity index (χ1) is 10.9. The van der Waals surface area contributed by atoms with Gasteiger partial charge in [0.25, 0.3) is 0 Å². The van der Waals surface area contributed by atoms with Crippen LogP contribution in [0.15, 0.2) is 0 Å². The first-order valence-electron chi connectivity index (χ1n) is 9.75. The van der Waals surface area contributed by atoms with Crippen molar-refractivity contribution >= 4 is 5.78 Å². The predicted octanol–water partition coefficient (Wildman–Crippen LogP) is 3.18. The van der Waals surface area contributed by atoms with Crippen LogP contribution < -0.4 is 0 Å². The van der Waals surface area contributed by atoms with E-state index in [9.17, 15) is 15.0 Å². The van der Waals surface area contributed by atoms with Crippen molar-refractivity contribution < 1.29 is 15.0 Å². The minimum atomic E-state index is -0.401. The fourth-order valence-electron chi connectivity index (χ4n) is 7.57. The summed E-state index contributed by atoms with van der Waals surface area (Å²) in [5.74, 6) is 3.24. The Balaban J connectivity index is 1.68. The number of fused-ring (bicyclic) bond motifs is 5. The van der Waals surface area contributed by atoms with Gasteiger partial charge in [0.05, 0.1) is 18.1 Å². The Bertz CT molecular complexity index is 503. The smallest absolute Gasteiger partial charge is 0.141 e. The molecule has 4 aliphatic rings. The molecule has 1 unspecified atom stereocenters. The van der Waals surface area contributed by atoms with E-state index in [2.05, 4.69) is 13.8 Å². The van der Waals surface area contributed by atoms with E-state index < -0.39 is 5.41 Å². The molecule has 0 bridgehead atoms. The van der Waals surface area contributed by atoms with Crippen molar-refractivity contribution in [1.82, 2.24) is 0 Å². The molecule has 0 heterocycles. The van der Waals surface area contributed by atoms with Crippen LogP contribution in [0.1, 0.15) is 65.2 Å². The number of aliphatic hydroxyl groups excluding tert-OH is 2. The summed E-state index contributed by atoms with van der Waals surface area (Å²) >= 11 is 0. The second-order valence-electron chi connectivity index (χ2n) is 9.36. The molecule has 4 saturated carbocycles. The molecule has 0 spiro atoms. The van der Waals surface area contributed by atoms with Crippen LogP contribution >= 0.6 is 0 Å². The molecule has 4 aliphatic carbocycles. The third kappa shape index (κ3) is 1.99. The van der Waals surface area contributed by atoms with Gasteiger partial charge in [-0.2, -0.15) is 0 Å². The highest BCUT2D eigenvalue weighted by molar-refractivity contribution is 5.87. The number of hydrogen-bond acceptors (Lipinski definition) is 3. The normalized spacial score (nSPS) is 55.9. The van der Waals surface area contributed by atoms with Gasteiger partial charge in [0.1, 0.15) is 5.78 Å². The van der Waals surface area contributed by atoms with Crippen LogP contribution in [0.4, 0.5) is 0 Å². The average molecular weight is 320 g/mol. The van der Waals surface area contributed by atoms with Crippen LogP contribution in [-0.2, 0) is 4.79 Å². The molecule has 2 N–H and O–H groups in total. The Labute approximate surface area is 139 Å². The van der Waals surface area contributed by atoms with Crippen LogP contribution in [0.3, 0.4) is 0 Å². The van der Waals surface area contributed by atoms with Crippen molar-refractivity contribution in [2.45, 2.75) is 71.3 Å². The molecule has 23 heavy (non-hydrogen) atoms. The van der Waals surface area contributed by atoms with E-state index in [1.165, 1.54) is 12.8 Å². The zero-order valence-electron chi connectivity index (χ0n) is 14.6. The lowest BCUT2D eigenvalue weighted by molar-refractivity contribution is -0.162. The molecular formula is C20H32O3. The number of carbonyl (C=O) groups excluding carboxylic acids is 1. The molecule has 4 fully saturated rings.